The van der Waals surface area contributed by atoms with Crippen LogP contribution >= 0.6 is 34.3 Å². The molecule has 0 aliphatic carbocycles. The van der Waals surface area contributed by atoms with Gasteiger partial charge in [0.05, 0.1) is 21.4 Å². The van der Waals surface area contributed by atoms with Gasteiger partial charge in [0.2, 0.25) is 5.06 Å². The van der Waals surface area contributed by atoms with E-state index < -0.39 is 10.8 Å². The van der Waals surface area contributed by atoms with E-state index in [0.717, 1.165) is 46.0 Å². The van der Waals surface area contributed by atoms with E-state index in [9.17, 15) is 14.9 Å². The van der Waals surface area contributed by atoms with Crippen LogP contribution in [0.3, 0.4) is 0 Å². The van der Waals surface area contributed by atoms with Crippen molar-refractivity contribution < 1.29 is 19.2 Å². The Hall–Kier alpha value is -3.47. The van der Waals surface area contributed by atoms with Crippen LogP contribution in [-0.4, -0.2) is 22.4 Å². The number of thiophene rings is 1. The number of thiazole rings is 1. The Morgan fingerprint density at radius 3 is 2.57 bits per heavy atom. The van der Waals surface area contributed by atoms with E-state index in [1.165, 1.54) is 12.1 Å². The molecular weight excluding hydrogens is 510 g/mol. The normalized spacial score (nSPS) is 10.7. The first-order valence-corrected chi connectivity index (χ1v) is 12.6. The zero-order valence-electron chi connectivity index (χ0n) is 18.7. The molecule has 4 rings (SSSR count). The summed E-state index contributed by atoms with van der Waals surface area (Å²) < 4.78 is 11.8. The van der Waals surface area contributed by atoms with E-state index in [-0.39, 0.29) is 15.0 Å². The van der Waals surface area contributed by atoms with Crippen molar-refractivity contribution in [2.75, 3.05) is 11.9 Å². The Bertz CT molecular complexity index is 1370. The van der Waals surface area contributed by atoms with E-state index in [1.807, 2.05) is 44.2 Å². The molecule has 180 valence electrons. The number of nitrogens with one attached hydrogen (secondary N) is 1. The molecule has 8 nitrogen and oxygen atoms in total. The number of aromatic nitrogens is 1. The number of halogens is 1. The van der Waals surface area contributed by atoms with Gasteiger partial charge in [-0.3, -0.25) is 20.2 Å². The summed E-state index contributed by atoms with van der Waals surface area (Å²) in [5.74, 6) is 0.700. The zero-order valence-corrected chi connectivity index (χ0v) is 21.1. The molecule has 0 saturated carbocycles. The molecule has 0 bridgehead atoms. The van der Waals surface area contributed by atoms with Crippen molar-refractivity contribution >= 4 is 50.3 Å². The van der Waals surface area contributed by atoms with E-state index in [1.54, 1.807) is 12.1 Å². The van der Waals surface area contributed by atoms with Gasteiger partial charge in [-0.25, -0.2) is 4.98 Å². The SMILES string of the molecule is CCCOc1ccc(-c2nc(NC(=O)c3ccc([N+](=O)[O-])s3)sc2Oc2ccc(C)cc2Cl)cc1. The third-order valence-electron chi connectivity index (χ3n) is 4.70. The van der Waals surface area contributed by atoms with Crippen LogP contribution in [0.15, 0.2) is 54.6 Å². The number of hydrogen-bond acceptors (Lipinski definition) is 8. The minimum Gasteiger partial charge on any atom is -0.494 e. The Balaban J connectivity index is 1.65. The first-order valence-electron chi connectivity index (χ1n) is 10.6. The van der Waals surface area contributed by atoms with Crippen molar-refractivity contribution in [3.05, 3.63) is 80.2 Å². The highest BCUT2D eigenvalue weighted by Crippen LogP contribution is 2.43. The third kappa shape index (κ3) is 5.97. The molecule has 11 heteroatoms. The van der Waals surface area contributed by atoms with Gasteiger partial charge in [0.1, 0.15) is 17.2 Å². The standard InChI is InChI=1S/C24H20ClN3O5S2/c1-3-12-32-16-7-5-15(6-8-16)21-23(33-18-9-4-14(2)13-17(18)25)35-24(26-21)27-22(29)19-10-11-20(34-19)28(30)31/h4-11,13H,3,12H2,1-2H3,(H,26,27,29). The average molecular weight is 530 g/mol. The van der Waals surface area contributed by atoms with Gasteiger partial charge in [-0.15, -0.1) is 0 Å². The summed E-state index contributed by atoms with van der Waals surface area (Å²) in [5.41, 5.74) is 2.27. The van der Waals surface area contributed by atoms with Gasteiger partial charge < -0.3 is 9.47 Å². The molecule has 2 aromatic carbocycles. The highest BCUT2D eigenvalue weighted by molar-refractivity contribution is 7.19. The van der Waals surface area contributed by atoms with E-state index >= 15 is 0 Å². The summed E-state index contributed by atoms with van der Waals surface area (Å²) in [4.78, 5) is 27.9. The molecule has 2 aromatic heterocycles. The van der Waals surface area contributed by atoms with Crippen molar-refractivity contribution in [2.45, 2.75) is 20.3 Å². The maximum atomic E-state index is 12.7. The van der Waals surface area contributed by atoms with Gasteiger partial charge in [0.15, 0.2) is 5.13 Å². The molecule has 0 unspecified atom stereocenters. The van der Waals surface area contributed by atoms with Crippen LogP contribution in [0, 0.1) is 17.0 Å². The molecule has 1 N–H and O–H groups in total. The third-order valence-corrected chi connectivity index (χ3v) is 6.88. The number of carbonyl (C=O) groups excluding carboxylic acids is 1. The number of rotatable bonds is 9. The van der Waals surface area contributed by atoms with Crippen molar-refractivity contribution in [3.8, 4) is 27.8 Å². The van der Waals surface area contributed by atoms with Crippen molar-refractivity contribution in [1.82, 2.24) is 4.98 Å². The lowest BCUT2D eigenvalue weighted by Crippen LogP contribution is -2.09. The van der Waals surface area contributed by atoms with Crippen LogP contribution < -0.4 is 14.8 Å². The Morgan fingerprint density at radius 2 is 1.91 bits per heavy atom. The fourth-order valence-electron chi connectivity index (χ4n) is 3.04. The Labute approximate surface area is 214 Å². The topological polar surface area (TPSA) is 104 Å². The number of ether oxygens (including phenoxy) is 2. The number of benzene rings is 2. The molecule has 1 amide bonds. The second-order valence-corrected chi connectivity index (χ2v) is 9.84. The van der Waals surface area contributed by atoms with E-state index in [2.05, 4.69) is 10.3 Å². The summed E-state index contributed by atoms with van der Waals surface area (Å²) in [7, 11) is 0. The Kier molecular flexibility index (Phi) is 7.64. The van der Waals surface area contributed by atoms with Crippen molar-refractivity contribution in [1.29, 1.82) is 0 Å². The van der Waals surface area contributed by atoms with Crippen LogP contribution in [0.5, 0.6) is 16.6 Å². The number of amides is 1. The predicted molar refractivity (Wildman–Crippen MR) is 139 cm³/mol. The average Bonchev–Trinajstić information content (AvgIpc) is 3.48. The summed E-state index contributed by atoms with van der Waals surface area (Å²) >= 11 is 8.29. The van der Waals surface area contributed by atoms with E-state index in [0.29, 0.717) is 28.1 Å². The molecule has 0 fully saturated rings. The second-order valence-electron chi connectivity index (χ2n) is 7.41. The van der Waals surface area contributed by atoms with Crippen LogP contribution in [0.2, 0.25) is 5.02 Å². The summed E-state index contributed by atoms with van der Waals surface area (Å²) in [6.07, 6.45) is 0.902. The van der Waals surface area contributed by atoms with Crippen LogP contribution in [-0.2, 0) is 0 Å². The second kappa shape index (κ2) is 10.9. The number of nitrogens with zero attached hydrogens (tertiary/aromatic N) is 2. The van der Waals surface area contributed by atoms with Gasteiger partial charge in [-0.2, -0.15) is 0 Å². The van der Waals surface area contributed by atoms with Gasteiger partial charge >= 0.3 is 5.00 Å². The maximum absolute atomic E-state index is 12.7. The largest absolute Gasteiger partial charge is 0.494 e. The summed E-state index contributed by atoms with van der Waals surface area (Å²) in [5, 5.41) is 14.7. The van der Waals surface area contributed by atoms with Gasteiger partial charge in [0, 0.05) is 11.6 Å². The quantitative estimate of drug-likeness (QED) is 0.177. The maximum Gasteiger partial charge on any atom is 0.324 e. The minimum absolute atomic E-state index is 0.113. The van der Waals surface area contributed by atoms with Crippen molar-refractivity contribution in [2.24, 2.45) is 0 Å². The first kappa shape index (κ1) is 24.6. The predicted octanol–water partition coefficient (Wildman–Crippen LogP) is 7.58. The van der Waals surface area contributed by atoms with Gasteiger partial charge in [-0.05, 0) is 61.4 Å². The first-order chi connectivity index (χ1) is 16.8. The summed E-state index contributed by atoms with van der Waals surface area (Å²) in [6.45, 7) is 4.58. The summed E-state index contributed by atoms with van der Waals surface area (Å²) in [6, 6.07) is 15.6. The number of carbonyl (C=O) groups is 1. The van der Waals surface area contributed by atoms with Gasteiger partial charge in [-0.1, -0.05) is 47.3 Å². The fraction of sp³-hybridized carbons (Fsp3) is 0.167. The van der Waals surface area contributed by atoms with Crippen LogP contribution in [0.4, 0.5) is 10.1 Å². The molecule has 0 aliphatic heterocycles. The molecule has 4 aromatic rings. The molecule has 0 radical (unpaired) electrons. The lowest BCUT2D eigenvalue weighted by molar-refractivity contribution is -0.380. The number of anilines is 1. The molecule has 0 atom stereocenters. The minimum atomic E-state index is -0.534. The molecule has 2 heterocycles. The van der Waals surface area contributed by atoms with E-state index in [4.69, 9.17) is 21.1 Å². The molecular formula is C24H20ClN3O5S2. The number of aryl methyl sites for hydroxylation is 1. The fourth-order valence-corrected chi connectivity index (χ4v) is 4.87. The van der Waals surface area contributed by atoms with Crippen LogP contribution in [0.25, 0.3) is 11.3 Å². The van der Waals surface area contributed by atoms with Crippen molar-refractivity contribution in [3.63, 3.8) is 0 Å². The number of nitro groups is 1. The molecule has 0 spiro atoms. The molecule has 35 heavy (non-hydrogen) atoms. The highest BCUT2D eigenvalue weighted by atomic mass is 35.5. The molecule has 0 saturated heterocycles. The highest BCUT2D eigenvalue weighted by Gasteiger charge is 2.21. The smallest absolute Gasteiger partial charge is 0.324 e. The number of hydrogen-bond donors (Lipinski definition) is 1. The monoisotopic (exact) mass is 529 g/mol. The zero-order chi connectivity index (χ0) is 24.9. The lowest BCUT2D eigenvalue weighted by atomic mass is 10.1. The Morgan fingerprint density at radius 1 is 1.14 bits per heavy atom. The van der Waals surface area contributed by atoms with Crippen LogP contribution in [0.1, 0.15) is 28.6 Å². The lowest BCUT2D eigenvalue weighted by Gasteiger charge is -2.09. The molecule has 0 aliphatic rings. The van der Waals surface area contributed by atoms with Gasteiger partial charge in [0.25, 0.3) is 5.91 Å².